The molecule has 0 saturated carbocycles. The molecule has 0 aliphatic carbocycles. The van der Waals surface area contributed by atoms with E-state index in [4.69, 9.17) is 32.1 Å². The van der Waals surface area contributed by atoms with E-state index in [1.807, 2.05) is 12.4 Å². The van der Waals surface area contributed by atoms with Crippen LogP contribution in [-0.4, -0.2) is 24.7 Å². The third kappa shape index (κ3) is 5.18. The Bertz CT molecular complexity index is 695. The fraction of sp³-hybridized carbons (Fsp3) is 0.545. The molecule has 29 heavy (non-hydrogen) atoms. The van der Waals surface area contributed by atoms with Crippen molar-refractivity contribution in [1.82, 2.24) is 9.97 Å². The number of pyridine rings is 2. The van der Waals surface area contributed by atoms with Crippen LogP contribution in [0, 0.1) is 0 Å². The molecule has 0 N–H and O–H groups in total. The molecule has 2 heterocycles. The SMILES string of the molecule is CC(C)[Si](Cl)(c1ccc(-c2ccc([Si](Cl)(C(C)C)C(C)C)cn2)nc1)C(C)C.[Co]. The number of rotatable bonds is 7. The average molecular weight is 513 g/mol. The van der Waals surface area contributed by atoms with Crippen LogP contribution in [0.2, 0.25) is 22.2 Å². The first-order valence-corrected chi connectivity index (χ1v) is 16.6. The van der Waals surface area contributed by atoms with E-state index < -0.39 is 14.8 Å². The largest absolute Gasteiger partial charge is 0.255 e. The molecule has 0 saturated heterocycles. The fourth-order valence-corrected chi connectivity index (χ4v) is 11.4. The van der Waals surface area contributed by atoms with Crippen LogP contribution in [0.25, 0.3) is 11.4 Å². The molecule has 0 spiro atoms. The summed E-state index contributed by atoms with van der Waals surface area (Å²) in [6.07, 6.45) is 3.93. The maximum atomic E-state index is 7.14. The van der Waals surface area contributed by atoms with Gasteiger partial charge in [-0.1, -0.05) is 67.5 Å². The summed E-state index contributed by atoms with van der Waals surface area (Å²) in [5.41, 5.74) is 3.57. The van der Waals surface area contributed by atoms with Gasteiger partial charge in [-0.25, -0.2) is 0 Å². The molecular formula is C22H34Cl2CoN2Si2. The van der Waals surface area contributed by atoms with Crippen LogP contribution in [-0.2, 0) is 16.8 Å². The minimum absolute atomic E-state index is 0. The quantitative estimate of drug-likeness (QED) is 0.310. The summed E-state index contributed by atoms with van der Waals surface area (Å²) in [6, 6.07) is 8.42. The molecule has 7 heteroatoms. The van der Waals surface area contributed by atoms with Crippen molar-refractivity contribution in [3.05, 3.63) is 36.7 Å². The van der Waals surface area contributed by atoms with Crippen molar-refractivity contribution in [2.75, 3.05) is 0 Å². The molecule has 0 atom stereocenters. The predicted octanol–water partition coefficient (Wildman–Crippen LogP) is 6.56. The van der Waals surface area contributed by atoms with E-state index in [-0.39, 0.29) is 16.8 Å². The van der Waals surface area contributed by atoms with Crippen LogP contribution >= 0.6 is 22.2 Å². The van der Waals surface area contributed by atoms with Gasteiger partial charge in [-0.15, -0.1) is 0 Å². The summed E-state index contributed by atoms with van der Waals surface area (Å²) < 4.78 is 0. The molecule has 2 aromatic heterocycles. The topological polar surface area (TPSA) is 25.8 Å². The van der Waals surface area contributed by atoms with Crippen LogP contribution < -0.4 is 10.4 Å². The first kappa shape index (κ1) is 26.9. The molecule has 0 fully saturated rings. The van der Waals surface area contributed by atoms with Crippen molar-refractivity contribution in [1.29, 1.82) is 0 Å². The van der Waals surface area contributed by atoms with Crippen LogP contribution in [0.1, 0.15) is 55.4 Å². The monoisotopic (exact) mass is 511 g/mol. The van der Waals surface area contributed by atoms with E-state index in [0.29, 0.717) is 22.2 Å². The average Bonchev–Trinajstić information content (AvgIpc) is 2.66. The van der Waals surface area contributed by atoms with Crippen molar-refractivity contribution >= 4 is 47.3 Å². The molecule has 2 nitrogen and oxygen atoms in total. The molecule has 0 amide bonds. The molecule has 0 aliphatic rings. The Kier molecular flexibility index (Phi) is 9.65. The van der Waals surface area contributed by atoms with Gasteiger partial charge in [-0.2, -0.15) is 22.2 Å². The van der Waals surface area contributed by atoms with E-state index in [1.54, 1.807) is 0 Å². The first-order chi connectivity index (χ1) is 13.0. The molecule has 1 radical (unpaired) electrons. The third-order valence-corrected chi connectivity index (χ3v) is 21.7. The van der Waals surface area contributed by atoms with Gasteiger partial charge in [0.1, 0.15) is 0 Å². The zero-order chi connectivity index (χ0) is 21.3. The van der Waals surface area contributed by atoms with Gasteiger partial charge in [-0.05, 0) is 44.7 Å². The van der Waals surface area contributed by atoms with Gasteiger partial charge in [0.2, 0.25) is 0 Å². The summed E-state index contributed by atoms with van der Waals surface area (Å²) in [5.74, 6) is 0. The van der Waals surface area contributed by atoms with Gasteiger partial charge in [0, 0.05) is 29.2 Å². The van der Waals surface area contributed by atoms with Gasteiger partial charge in [-0.3, -0.25) is 9.97 Å². The van der Waals surface area contributed by atoms with Crippen LogP contribution in [0.4, 0.5) is 0 Å². The summed E-state index contributed by atoms with van der Waals surface area (Å²) in [4.78, 5) is 9.42. The second kappa shape index (κ2) is 10.4. The maximum Gasteiger partial charge on any atom is 0.193 e. The molecule has 0 bridgehead atoms. The Morgan fingerprint density at radius 3 is 1.03 bits per heavy atom. The Morgan fingerprint density at radius 2 is 0.862 bits per heavy atom. The molecule has 163 valence electrons. The number of hydrogen-bond acceptors (Lipinski definition) is 2. The zero-order valence-electron chi connectivity index (χ0n) is 18.8. The number of aromatic nitrogens is 2. The summed E-state index contributed by atoms with van der Waals surface area (Å²) in [5, 5.41) is 2.40. The minimum Gasteiger partial charge on any atom is -0.255 e. The van der Waals surface area contributed by atoms with E-state index in [9.17, 15) is 0 Å². The molecule has 0 aliphatic heterocycles. The van der Waals surface area contributed by atoms with Crippen molar-refractivity contribution in [3.63, 3.8) is 0 Å². The minimum atomic E-state index is -2.09. The van der Waals surface area contributed by atoms with Crippen LogP contribution in [0.15, 0.2) is 36.7 Å². The fourth-order valence-electron chi connectivity index (χ4n) is 4.21. The van der Waals surface area contributed by atoms with Crippen LogP contribution in [0.5, 0.6) is 0 Å². The van der Waals surface area contributed by atoms with Gasteiger partial charge in [0.15, 0.2) is 14.8 Å². The summed E-state index contributed by atoms with van der Waals surface area (Å²) in [7, 11) is -4.17. The molecule has 0 aromatic carbocycles. The number of hydrogen-bond donors (Lipinski definition) is 0. The summed E-state index contributed by atoms with van der Waals surface area (Å²) in [6.45, 7) is 17.8. The standard InChI is InChI=1S/C22H34Cl2N2Si2.Co/c1-15(2)27(23,16(3)4)19-9-11-21(25-13-19)22-12-10-20(14-26-22)28(24,17(5)6)18(7)8;/h9-18H,1-8H3;. The normalized spacial score (nSPS) is 12.8. The molecule has 2 rings (SSSR count). The van der Waals surface area contributed by atoms with E-state index in [1.165, 1.54) is 10.4 Å². The van der Waals surface area contributed by atoms with Crippen LogP contribution in [0.3, 0.4) is 0 Å². The van der Waals surface area contributed by atoms with Gasteiger partial charge < -0.3 is 0 Å². The van der Waals surface area contributed by atoms with E-state index in [0.717, 1.165) is 11.4 Å². The Balaban J connectivity index is 0.00000420. The Hall–Kier alpha value is -0.180. The van der Waals surface area contributed by atoms with Crippen molar-refractivity contribution in [2.45, 2.75) is 77.6 Å². The number of halogens is 2. The second-order valence-corrected chi connectivity index (χ2v) is 21.6. The number of nitrogens with zero attached hydrogens (tertiary/aromatic N) is 2. The molecule has 0 unspecified atom stereocenters. The van der Waals surface area contributed by atoms with Gasteiger partial charge >= 0.3 is 0 Å². The smallest absolute Gasteiger partial charge is 0.193 e. The van der Waals surface area contributed by atoms with E-state index in [2.05, 4.69) is 79.7 Å². The predicted molar refractivity (Wildman–Crippen MR) is 130 cm³/mol. The molecular weight excluding hydrogens is 478 g/mol. The first-order valence-electron chi connectivity index (χ1n) is 10.3. The Labute approximate surface area is 198 Å². The van der Waals surface area contributed by atoms with Crippen molar-refractivity contribution in [2.24, 2.45) is 0 Å². The maximum absolute atomic E-state index is 7.14. The Morgan fingerprint density at radius 1 is 0.586 bits per heavy atom. The van der Waals surface area contributed by atoms with Gasteiger partial charge in [0.05, 0.1) is 11.4 Å². The zero-order valence-corrected chi connectivity index (χ0v) is 23.3. The van der Waals surface area contributed by atoms with Gasteiger partial charge in [0.25, 0.3) is 0 Å². The third-order valence-electron chi connectivity index (χ3n) is 6.04. The summed E-state index contributed by atoms with van der Waals surface area (Å²) >= 11 is 14.3. The second-order valence-electron chi connectivity index (χ2n) is 9.02. The van der Waals surface area contributed by atoms with Crippen molar-refractivity contribution in [3.8, 4) is 11.4 Å². The van der Waals surface area contributed by atoms with E-state index >= 15 is 0 Å². The van der Waals surface area contributed by atoms with Crippen molar-refractivity contribution < 1.29 is 16.8 Å². The molecule has 2 aromatic rings.